The van der Waals surface area contributed by atoms with E-state index in [-0.39, 0.29) is 29.7 Å². The van der Waals surface area contributed by atoms with Gasteiger partial charge >= 0.3 is 0 Å². The summed E-state index contributed by atoms with van der Waals surface area (Å²) < 4.78 is 25.1. The van der Waals surface area contributed by atoms with Crippen LogP contribution in [-0.2, 0) is 16.0 Å². The van der Waals surface area contributed by atoms with Crippen LogP contribution < -0.4 is 26.0 Å². The number of H-pyrrole nitrogens is 1. The van der Waals surface area contributed by atoms with E-state index in [1.807, 2.05) is 24.1 Å². The van der Waals surface area contributed by atoms with E-state index in [2.05, 4.69) is 25.6 Å². The van der Waals surface area contributed by atoms with Gasteiger partial charge in [-0.05, 0) is 49.4 Å². The molecule has 214 valence electrons. The molecular weight excluding hydrogens is 531 g/mol. The van der Waals surface area contributed by atoms with E-state index in [1.54, 1.807) is 37.4 Å². The Morgan fingerprint density at radius 3 is 2.76 bits per heavy atom. The summed E-state index contributed by atoms with van der Waals surface area (Å²) >= 11 is 0. The first-order valence-electron chi connectivity index (χ1n) is 12.9. The number of halogens is 1. The van der Waals surface area contributed by atoms with Crippen LogP contribution in [0.15, 0.2) is 42.6 Å². The molecule has 2 amide bonds. The molecule has 13 heteroatoms. The number of likely N-dealkylation sites (N-methyl/N-ethyl adjacent to an activating group) is 1. The number of carbonyl (C=O) groups is 2. The van der Waals surface area contributed by atoms with Gasteiger partial charge in [0.15, 0.2) is 0 Å². The van der Waals surface area contributed by atoms with E-state index >= 15 is 0 Å². The zero-order chi connectivity index (χ0) is 29.1. The minimum absolute atomic E-state index is 0.0191. The number of nitrogens with two attached hydrogens (primary N) is 1. The fourth-order valence-corrected chi connectivity index (χ4v) is 4.80. The molecular formula is C28H31FN8O4. The average Bonchev–Trinajstić information content (AvgIpc) is 3.58. The molecule has 1 aliphatic heterocycles. The van der Waals surface area contributed by atoms with Crippen molar-refractivity contribution in [1.82, 2.24) is 19.9 Å². The minimum atomic E-state index is -0.907. The van der Waals surface area contributed by atoms with Crippen molar-refractivity contribution in [3.8, 4) is 5.75 Å². The van der Waals surface area contributed by atoms with Crippen LogP contribution in [0.3, 0.4) is 0 Å². The lowest BCUT2D eigenvalue weighted by Gasteiger charge is -2.23. The lowest BCUT2D eigenvalue weighted by molar-refractivity contribution is -0.119. The number of amides is 2. The fraction of sp³-hybridized carbons (Fsp3) is 0.286. The number of nitrogens with zero attached hydrogens (tertiary/aromatic N) is 4. The Balaban J connectivity index is 1.46. The third kappa shape index (κ3) is 5.76. The van der Waals surface area contributed by atoms with Gasteiger partial charge in [0.25, 0.3) is 5.91 Å². The number of carbonyl (C=O) groups excluding carboxylic acids is 2. The van der Waals surface area contributed by atoms with E-state index in [4.69, 9.17) is 15.2 Å². The Morgan fingerprint density at radius 1 is 1.17 bits per heavy atom. The van der Waals surface area contributed by atoms with Gasteiger partial charge in [-0.2, -0.15) is 9.97 Å². The number of benzene rings is 2. The van der Waals surface area contributed by atoms with Crippen molar-refractivity contribution in [2.75, 3.05) is 63.0 Å². The molecule has 0 saturated heterocycles. The number of hydrogen-bond acceptors (Lipinski definition) is 9. The molecule has 0 saturated carbocycles. The number of methoxy groups -OCH3 is 2. The summed E-state index contributed by atoms with van der Waals surface area (Å²) in [4.78, 5) is 41.0. The van der Waals surface area contributed by atoms with Crippen molar-refractivity contribution in [3.63, 3.8) is 0 Å². The second kappa shape index (κ2) is 11.8. The molecule has 2 aromatic carbocycles. The Bertz CT molecular complexity index is 1610. The number of nitrogens with one attached hydrogen (secondary N) is 3. The molecule has 1 aliphatic rings. The molecule has 0 radical (unpaired) electrons. The summed E-state index contributed by atoms with van der Waals surface area (Å²) in [5, 5.41) is 6.84. The van der Waals surface area contributed by atoms with Crippen LogP contribution in [0, 0.1) is 5.82 Å². The monoisotopic (exact) mass is 562 g/mol. The number of fused-ring (bicyclic) bond motifs is 2. The van der Waals surface area contributed by atoms with Crippen molar-refractivity contribution >= 4 is 51.7 Å². The van der Waals surface area contributed by atoms with Crippen LogP contribution in [-0.4, -0.2) is 79.2 Å². The van der Waals surface area contributed by atoms with Gasteiger partial charge in [0.05, 0.1) is 42.6 Å². The van der Waals surface area contributed by atoms with Gasteiger partial charge in [-0.1, -0.05) is 6.07 Å². The summed E-state index contributed by atoms with van der Waals surface area (Å²) in [5.41, 5.74) is 8.15. The van der Waals surface area contributed by atoms with Crippen molar-refractivity contribution in [3.05, 3.63) is 59.5 Å². The quantitative estimate of drug-likeness (QED) is 0.216. The van der Waals surface area contributed by atoms with E-state index < -0.39 is 11.7 Å². The highest BCUT2D eigenvalue weighted by Gasteiger charge is 2.27. The predicted molar refractivity (Wildman–Crippen MR) is 154 cm³/mol. The fourth-order valence-electron chi connectivity index (χ4n) is 4.80. The van der Waals surface area contributed by atoms with Crippen LogP contribution in [0.2, 0.25) is 0 Å². The van der Waals surface area contributed by atoms with Crippen molar-refractivity contribution in [2.24, 2.45) is 5.73 Å². The van der Waals surface area contributed by atoms with Gasteiger partial charge < -0.3 is 35.7 Å². The second-order valence-corrected chi connectivity index (χ2v) is 9.62. The third-order valence-electron chi connectivity index (χ3n) is 6.85. The number of aromatic amines is 1. The van der Waals surface area contributed by atoms with Crippen molar-refractivity contribution in [2.45, 2.75) is 6.42 Å². The second-order valence-electron chi connectivity index (χ2n) is 9.62. The highest BCUT2D eigenvalue weighted by atomic mass is 19.1. The summed E-state index contributed by atoms with van der Waals surface area (Å²) in [6.45, 7) is 2.00. The number of anilines is 5. The summed E-state index contributed by atoms with van der Waals surface area (Å²) in [6, 6.07) is 9.68. The molecule has 3 heterocycles. The van der Waals surface area contributed by atoms with Crippen LogP contribution in [0.25, 0.3) is 11.0 Å². The molecule has 5 rings (SSSR count). The Morgan fingerprint density at radius 2 is 2.00 bits per heavy atom. The minimum Gasteiger partial charge on any atom is -0.495 e. The number of aromatic nitrogens is 3. The first-order valence-corrected chi connectivity index (χ1v) is 12.9. The van der Waals surface area contributed by atoms with Crippen LogP contribution in [0.5, 0.6) is 5.75 Å². The third-order valence-corrected chi connectivity index (χ3v) is 6.85. The number of hydrogen-bond donors (Lipinski definition) is 4. The molecule has 0 spiro atoms. The molecule has 12 nitrogen and oxygen atoms in total. The smallest absolute Gasteiger partial charge is 0.253 e. The summed E-state index contributed by atoms with van der Waals surface area (Å²) in [6.07, 6.45) is 2.40. The molecule has 2 aromatic heterocycles. The van der Waals surface area contributed by atoms with Crippen LogP contribution >= 0.6 is 0 Å². The number of primary amides is 1. The highest BCUT2D eigenvalue weighted by Crippen LogP contribution is 2.39. The van der Waals surface area contributed by atoms with Gasteiger partial charge in [0, 0.05) is 32.1 Å². The maximum atomic E-state index is 14.4. The maximum absolute atomic E-state index is 14.4. The Kier molecular flexibility index (Phi) is 7.99. The van der Waals surface area contributed by atoms with Crippen LogP contribution in [0.4, 0.5) is 33.2 Å². The van der Waals surface area contributed by atoms with Gasteiger partial charge in [0.2, 0.25) is 11.9 Å². The molecule has 0 bridgehead atoms. The molecule has 0 aliphatic carbocycles. The van der Waals surface area contributed by atoms with E-state index in [0.717, 1.165) is 17.3 Å². The van der Waals surface area contributed by atoms with E-state index in [1.165, 1.54) is 6.07 Å². The zero-order valence-electron chi connectivity index (χ0n) is 23.0. The normalized spacial score (nSPS) is 12.6. The zero-order valence-corrected chi connectivity index (χ0v) is 23.0. The highest BCUT2D eigenvalue weighted by molar-refractivity contribution is 6.01. The van der Waals surface area contributed by atoms with Gasteiger partial charge in [-0.3, -0.25) is 14.5 Å². The molecule has 0 fully saturated rings. The molecule has 5 N–H and O–H groups in total. The first-order chi connectivity index (χ1) is 19.8. The van der Waals surface area contributed by atoms with Crippen molar-refractivity contribution in [1.29, 1.82) is 0 Å². The standard InChI is InChI=1S/C28H31FN8O4/c1-36(11-12-40-2)15-23(38)37-10-8-16-13-22(41-3)20(14-21(16)37)33-28-34-26-17(7-9-31-26)27(35-28)32-19-6-4-5-18(29)24(19)25(30)39/h4-7,9,13-14H,8,10-12,15H2,1-3H3,(H2,30,39)(H3,31,32,33,34,35). The van der Waals surface area contributed by atoms with Gasteiger partial charge in [-0.25, -0.2) is 4.39 Å². The summed E-state index contributed by atoms with van der Waals surface area (Å²) in [5.74, 6) is -0.589. The topological polar surface area (TPSA) is 151 Å². The molecule has 41 heavy (non-hydrogen) atoms. The van der Waals surface area contributed by atoms with E-state index in [9.17, 15) is 14.0 Å². The van der Waals surface area contributed by atoms with Gasteiger partial charge in [-0.15, -0.1) is 0 Å². The maximum Gasteiger partial charge on any atom is 0.253 e. The average molecular weight is 563 g/mol. The predicted octanol–water partition coefficient (Wildman–Crippen LogP) is 3.16. The molecule has 0 atom stereocenters. The lowest BCUT2D eigenvalue weighted by Crippen LogP contribution is -2.39. The van der Waals surface area contributed by atoms with Gasteiger partial charge in [0.1, 0.15) is 23.0 Å². The van der Waals surface area contributed by atoms with Crippen molar-refractivity contribution < 1.29 is 23.5 Å². The Hall–Kier alpha value is -4.75. The van der Waals surface area contributed by atoms with E-state index in [0.29, 0.717) is 54.4 Å². The molecule has 4 aromatic rings. The lowest BCUT2D eigenvalue weighted by atomic mass is 10.1. The SMILES string of the molecule is COCCN(C)CC(=O)N1CCc2cc(OC)c(Nc3nc(Nc4cccc(F)c4C(N)=O)c4cc[nH]c4n3)cc21. The Labute approximate surface area is 235 Å². The number of rotatable bonds is 11. The van der Waals surface area contributed by atoms with Crippen LogP contribution in [0.1, 0.15) is 15.9 Å². The summed E-state index contributed by atoms with van der Waals surface area (Å²) in [7, 11) is 5.07. The number of ether oxygens (including phenoxy) is 2. The largest absolute Gasteiger partial charge is 0.495 e. The molecule has 0 unspecified atom stereocenters. The first kappa shape index (κ1) is 27.8.